The maximum Gasteiger partial charge on any atom is 0.309 e. The Bertz CT molecular complexity index is 1190. The molecule has 10 nitrogen and oxygen atoms in total. The number of nitrogens with one attached hydrogen (secondary N) is 2. The number of hydrogen-bond donors (Lipinski definition) is 2. The summed E-state index contributed by atoms with van der Waals surface area (Å²) < 4.78 is 69.6. The number of methoxy groups -OCH3 is 2. The SMILES string of the molecule is COc1ccc(CCNC(=O)C(=O)NC[C@H]2OCCN2S(=O)(=O)c2cc(F)ccc2F)cc1OC. The number of hydrogen-bond acceptors (Lipinski definition) is 7. The van der Waals surface area contributed by atoms with Crippen molar-refractivity contribution in [3.05, 3.63) is 53.6 Å². The summed E-state index contributed by atoms with van der Waals surface area (Å²) in [6, 6.07) is 7.35. The number of carbonyl (C=O) groups excluding carboxylic acids is 2. The predicted octanol–water partition coefficient (Wildman–Crippen LogP) is 0.804. The van der Waals surface area contributed by atoms with Gasteiger partial charge in [0.15, 0.2) is 11.5 Å². The molecule has 1 atom stereocenters. The van der Waals surface area contributed by atoms with Gasteiger partial charge in [0.1, 0.15) is 22.8 Å². The fourth-order valence-electron chi connectivity index (χ4n) is 3.44. The molecule has 1 aliphatic rings. The van der Waals surface area contributed by atoms with Crippen LogP contribution in [0.4, 0.5) is 8.78 Å². The van der Waals surface area contributed by atoms with Crippen molar-refractivity contribution < 1.29 is 41.0 Å². The average molecular weight is 514 g/mol. The summed E-state index contributed by atoms with van der Waals surface area (Å²) in [7, 11) is -1.42. The van der Waals surface area contributed by atoms with Gasteiger partial charge in [-0.25, -0.2) is 17.2 Å². The van der Waals surface area contributed by atoms with E-state index in [9.17, 15) is 26.8 Å². The van der Waals surface area contributed by atoms with E-state index in [0.29, 0.717) is 30.1 Å². The van der Waals surface area contributed by atoms with Crippen LogP contribution in [0.25, 0.3) is 0 Å². The quantitative estimate of drug-likeness (QED) is 0.476. The molecule has 1 aliphatic heterocycles. The van der Waals surface area contributed by atoms with Crippen molar-refractivity contribution in [1.82, 2.24) is 14.9 Å². The molecule has 0 aromatic heterocycles. The third-order valence-corrected chi connectivity index (χ3v) is 7.12. The second kappa shape index (κ2) is 11.4. The van der Waals surface area contributed by atoms with E-state index < -0.39 is 44.6 Å². The second-order valence-electron chi connectivity index (χ2n) is 7.42. The smallest absolute Gasteiger partial charge is 0.309 e. The second-order valence-corrected chi connectivity index (χ2v) is 9.28. The lowest BCUT2D eigenvalue weighted by Gasteiger charge is -2.23. The van der Waals surface area contributed by atoms with Gasteiger partial charge in [-0.05, 0) is 42.3 Å². The molecule has 0 unspecified atom stereocenters. The molecule has 2 N–H and O–H groups in total. The summed E-state index contributed by atoms with van der Waals surface area (Å²) >= 11 is 0. The third-order valence-electron chi connectivity index (χ3n) is 5.21. The fourth-order valence-corrected chi connectivity index (χ4v) is 5.03. The summed E-state index contributed by atoms with van der Waals surface area (Å²) in [6.45, 7) is -0.357. The summed E-state index contributed by atoms with van der Waals surface area (Å²) in [4.78, 5) is 23.4. The molecule has 2 aromatic carbocycles. The third kappa shape index (κ3) is 6.24. The molecule has 0 saturated carbocycles. The van der Waals surface area contributed by atoms with Crippen LogP contribution < -0.4 is 20.1 Å². The summed E-state index contributed by atoms with van der Waals surface area (Å²) in [5.41, 5.74) is 0.841. The van der Waals surface area contributed by atoms with Gasteiger partial charge >= 0.3 is 11.8 Å². The van der Waals surface area contributed by atoms with Crippen molar-refractivity contribution in [2.75, 3.05) is 40.5 Å². The molecule has 3 rings (SSSR count). The van der Waals surface area contributed by atoms with E-state index in [0.717, 1.165) is 15.9 Å². The molecule has 35 heavy (non-hydrogen) atoms. The number of halogens is 2. The van der Waals surface area contributed by atoms with Crippen LogP contribution in [-0.2, 0) is 30.8 Å². The largest absolute Gasteiger partial charge is 0.493 e. The molecule has 0 spiro atoms. The molecule has 1 saturated heterocycles. The Labute approximate surface area is 201 Å². The van der Waals surface area contributed by atoms with Crippen molar-refractivity contribution in [1.29, 1.82) is 0 Å². The highest BCUT2D eigenvalue weighted by Gasteiger charge is 2.38. The zero-order valence-electron chi connectivity index (χ0n) is 19.0. The predicted molar refractivity (Wildman–Crippen MR) is 119 cm³/mol. The van der Waals surface area contributed by atoms with Crippen molar-refractivity contribution in [3.8, 4) is 11.5 Å². The van der Waals surface area contributed by atoms with E-state index in [-0.39, 0.29) is 26.2 Å². The first-order valence-corrected chi connectivity index (χ1v) is 12.0. The first-order valence-electron chi connectivity index (χ1n) is 10.5. The number of sulfonamides is 1. The molecule has 0 radical (unpaired) electrons. The Balaban J connectivity index is 1.53. The minimum Gasteiger partial charge on any atom is -0.493 e. The normalized spacial score (nSPS) is 16.1. The van der Waals surface area contributed by atoms with E-state index in [4.69, 9.17) is 14.2 Å². The molecule has 1 fully saturated rings. The molecule has 13 heteroatoms. The number of benzene rings is 2. The van der Waals surface area contributed by atoms with Gasteiger partial charge in [0.2, 0.25) is 10.0 Å². The lowest BCUT2D eigenvalue weighted by molar-refractivity contribution is -0.139. The standard InChI is InChI=1S/C22H25F2N3O7S/c1-32-17-6-3-14(11-18(17)33-2)7-8-25-21(28)22(29)26-13-20-27(9-10-34-20)35(30,31)19-12-15(23)4-5-16(19)24/h3-6,11-12,20H,7-10,13H2,1-2H3,(H,25,28)(H,26,29)/t20-/m1/s1. The van der Waals surface area contributed by atoms with Gasteiger partial charge in [0, 0.05) is 13.1 Å². The van der Waals surface area contributed by atoms with E-state index in [1.54, 1.807) is 18.2 Å². The summed E-state index contributed by atoms with van der Waals surface area (Å²) in [6.07, 6.45) is -0.776. The Kier molecular flexibility index (Phi) is 8.59. The Morgan fingerprint density at radius 1 is 1.06 bits per heavy atom. The Hall–Kier alpha value is -3.29. The van der Waals surface area contributed by atoms with Crippen LogP contribution in [0.3, 0.4) is 0 Å². The molecular weight excluding hydrogens is 488 g/mol. The van der Waals surface area contributed by atoms with Gasteiger partial charge in [0.05, 0.1) is 27.4 Å². The van der Waals surface area contributed by atoms with Crippen molar-refractivity contribution in [2.45, 2.75) is 17.5 Å². The number of ether oxygens (including phenoxy) is 3. The van der Waals surface area contributed by atoms with E-state index in [2.05, 4.69) is 10.6 Å². The van der Waals surface area contributed by atoms with Crippen molar-refractivity contribution >= 4 is 21.8 Å². The lowest BCUT2D eigenvalue weighted by atomic mass is 10.1. The molecule has 2 amide bonds. The van der Waals surface area contributed by atoms with Gasteiger partial charge in [-0.3, -0.25) is 9.59 Å². The molecule has 0 bridgehead atoms. The summed E-state index contributed by atoms with van der Waals surface area (Å²) in [5, 5.41) is 4.77. The maximum absolute atomic E-state index is 14.0. The Morgan fingerprint density at radius 3 is 2.49 bits per heavy atom. The highest BCUT2D eigenvalue weighted by molar-refractivity contribution is 7.89. The van der Waals surface area contributed by atoms with Crippen LogP contribution in [0, 0.1) is 11.6 Å². The Morgan fingerprint density at radius 2 is 1.77 bits per heavy atom. The van der Waals surface area contributed by atoms with Crippen molar-refractivity contribution in [3.63, 3.8) is 0 Å². The molecule has 1 heterocycles. The van der Waals surface area contributed by atoms with Crippen LogP contribution >= 0.6 is 0 Å². The van der Waals surface area contributed by atoms with Crippen LogP contribution in [0.1, 0.15) is 5.56 Å². The van der Waals surface area contributed by atoms with E-state index in [1.807, 2.05) is 0 Å². The van der Waals surface area contributed by atoms with Gasteiger partial charge in [-0.2, -0.15) is 4.31 Å². The zero-order valence-corrected chi connectivity index (χ0v) is 19.9. The van der Waals surface area contributed by atoms with Gasteiger partial charge in [-0.15, -0.1) is 0 Å². The van der Waals surface area contributed by atoms with Crippen LogP contribution in [0.2, 0.25) is 0 Å². The van der Waals surface area contributed by atoms with E-state index in [1.165, 1.54) is 14.2 Å². The maximum atomic E-state index is 14.0. The first kappa shape index (κ1) is 26.3. The highest BCUT2D eigenvalue weighted by Crippen LogP contribution is 2.27. The van der Waals surface area contributed by atoms with Gasteiger partial charge in [-0.1, -0.05) is 6.07 Å². The highest BCUT2D eigenvalue weighted by atomic mass is 32.2. The van der Waals surface area contributed by atoms with Crippen LogP contribution in [0.15, 0.2) is 41.3 Å². The number of rotatable bonds is 9. The average Bonchev–Trinajstić information content (AvgIpc) is 3.33. The van der Waals surface area contributed by atoms with Crippen molar-refractivity contribution in [2.24, 2.45) is 0 Å². The van der Waals surface area contributed by atoms with E-state index >= 15 is 0 Å². The van der Waals surface area contributed by atoms with Gasteiger partial charge < -0.3 is 24.8 Å². The van der Waals surface area contributed by atoms with Crippen LogP contribution in [0.5, 0.6) is 11.5 Å². The van der Waals surface area contributed by atoms with Crippen LogP contribution in [-0.4, -0.2) is 71.2 Å². The number of carbonyl (C=O) groups is 2. The topological polar surface area (TPSA) is 123 Å². The van der Waals surface area contributed by atoms with Gasteiger partial charge in [0.25, 0.3) is 0 Å². The first-order chi connectivity index (χ1) is 16.7. The lowest BCUT2D eigenvalue weighted by Crippen LogP contribution is -2.47. The monoisotopic (exact) mass is 513 g/mol. The minimum absolute atomic E-state index is 0.0196. The summed E-state index contributed by atoms with van der Waals surface area (Å²) in [5.74, 6) is -2.86. The molecule has 2 aromatic rings. The fraction of sp³-hybridized carbons (Fsp3) is 0.364. The minimum atomic E-state index is -4.44. The zero-order chi connectivity index (χ0) is 25.6. The molecule has 0 aliphatic carbocycles. The number of amides is 2. The molecule has 190 valence electrons. The molecular formula is C22H25F2N3O7S. The number of nitrogens with zero attached hydrogens (tertiary/aromatic N) is 1.